The van der Waals surface area contributed by atoms with Crippen molar-refractivity contribution in [2.45, 2.75) is 6.42 Å². The zero-order chi connectivity index (χ0) is 12.5. The summed E-state index contributed by atoms with van der Waals surface area (Å²) in [6.45, 7) is 1.05. The van der Waals surface area contributed by atoms with E-state index in [2.05, 4.69) is 36.6 Å². The molecule has 0 aliphatic heterocycles. The number of hydrazine groups is 1. The van der Waals surface area contributed by atoms with Crippen molar-refractivity contribution in [3.05, 3.63) is 10.7 Å². The molecule has 0 saturated heterocycles. The van der Waals surface area contributed by atoms with E-state index in [-0.39, 0.29) is 6.61 Å². The van der Waals surface area contributed by atoms with E-state index in [4.69, 9.17) is 10.9 Å². The van der Waals surface area contributed by atoms with Crippen molar-refractivity contribution in [2.75, 3.05) is 35.4 Å². The van der Waals surface area contributed by atoms with Crippen LogP contribution in [0.15, 0.2) is 10.7 Å². The molecule has 17 heavy (non-hydrogen) atoms. The summed E-state index contributed by atoms with van der Waals surface area (Å²) in [6.07, 6.45) is 2.48. The smallest absolute Gasteiger partial charge is 0.239 e. The molecule has 0 spiro atoms. The third-order valence-corrected chi connectivity index (χ3v) is 3.51. The fraction of sp³-hybridized carbons (Fsp3) is 0.556. The molecule has 6 nitrogen and oxygen atoms in total. The lowest BCUT2D eigenvalue weighted by Crippen LogP contribution is -2.13. The lowest BCUT2D eigenvalue weighted by molar-refractivity contribution is 0.296. The highest BCUT2D eigenvalue weighted by Crippen LogP contribution is 2.19. The van der Waals surface area contributed by atoms with Crippen LogP contribution in [0.3, 0.4) is 0 Å². The molecule has 0 amide bonds. The van der Waals surface area contributed by atoms with Crippen molar-refractivity contribution in [3.8, 4) is 0 Å². The van der Waals surface area contributed by atoms with Gasteiger partial charge in [-0.15, -0.1) is 0 Å². The van der Waals surface area contributed by atoms with E-state index in [1.165, 1.54) is 0 Å². The van der Waals surface area contributed by atoms with E-state index in [1.54, 1.807) is 18.0 Å². The van der Waals surface area contributed by atoms with Crippen LogP contribution in [-0.2, 0) is 0 Å². The lowest BCUT2D eigenvalue weighted by atomic mass is 10.5. The van der Waals surface area contributed by atoms with E-state index in [0.717, 1.165) is 34.8 Å². The van der Waals surface area contributed by atoms with Crippen LogP contribution >= 0.6 is 27.7 Å². The summed E-state index contributed by atoms with van der Waals surface area (Å²) in [5, 5.41) is 11.8. The minimum atomic E-state index is 0.253. The number of aromatic nitrogens is 2. The Morgan fingerprint density at radius 3 is 3.00 bits per heavy atom. The largest absolute Gasteiger partial charge is 0.396 e. The number of hydrogen-bond acceptors (Lipinski definition) is 7. The fourth-order valence-electron chi connectivity index (χ4n) is 1.07. The number of halogens is 1. The van der Waals surface area contributed by atoms with E-state index in [9.17, 15) is 0 Å². The van der Waals surface area contributed by atoms with Crippen molar-refractivity contribution in [3.63, 3.8) is 0 Å². The molecule has 96 valence electrons. The topological polar surface area (TPSA) is 96.1 Å². The molecule has 0 bridgehead atoms. The first-order valence-electron chi connectivity index (χ1n) is 5.19. The van der Waals surface area contributed by atoms with Gasteiger partial charge in [-0.25, -0.2) is 10.8 Å². The minimum Gasteiger partial charge on any atom is -0.396 e. The summed E-state index contributed by atoms with van der Waals surface area (Å²) in [6, 6.07) is 0. The number of nitrogen functional groups attached to an aromatic ring is 1. The first-order chi connectivity index (χ1) is 8.27. The molecule has 0 aliphatic carbocycles. The number of rotatable bonds is 8. The van der Waals surface area contributed by atoms with Gasteiger partial charge in [-0.2, -0.15) is 16.7 Å². The third kappa shape index (κ3) is 5.53. The SMILES string of the molecule is NNc1ncc(Br)c(NCCSCCCO)n1. The van der Waals surface area contributed by atoms with Gasteiger partial charge in [0.1, 0.15) is 5.82 Å². The maximum atomic E-state index is 8.62. The molecule has 0 fully saturated rings. The van der Waals surface area contributed by atoms with Gasteiger partial charge in [-0.05, 0) is 28.1 Å². The van der Waals surface area contributed by atoms with E-state index >= 15 is 0 Å². The van der Waals surface area contributed by atoms with E-state index in [1.807, 2.05) is 0 Å². The van der Waals surface area contributed by atoms with Crippen LogP contribution in [0.2, 0.25) is 0 Å². The molecule has 1 heterocycles. The van der Waals surface area contributed by atoms with Crippen LogP contribution in [0, 0.1) is 0 Å². The quantitative estimate of drug-likeness (QED) is 0.323. The third-order valence-electron chi connectivity index (χ3n) is 1.86. The van der Waals surface area contributed by atoms with Gasteiger partial charge in [0.25, 0.3) is 0 Å². The zero-order valence-corrected chi connectivity index (χ0v) is 11.7. The highest BCUT2D eigenvalue weighted by molar-refractivity contribution is 9.10. The maximum absolute atomic E-state index is 8.62. The Labute approximate surface area is 113 Å². The molecular weight excluding hydrogens is 306 g/mol. The molecule has 1 rings (SSSR count). The number of hydrogen-bond donors (Lipinski definition) is 4. The molecule has 0 unspecified atom stereocenters. The number of nitrogens with zero attached hydrogens (tertiary/aromatic N) is 2. The molecule has 1 aromatic rings. The van der Waals surface area contributed by atoms with Gasteiger partial charge in [0.05, 0.1) is 4.47 Å². The average molecular weight is 322 g/mol. The zero-order valence-electron chi connectivity index (χ0n) is 9.32. The number of nitrogens with one attached hydrogen (secondary N) is 2. The van der Waals surface area contributed by atoms with Crippen molar-refractivity contribution in [1.29, 1.82) is 0 Å². The van der Waals surface area contributed by atoms with Gasteiger partial charge < -0.3 is 10.4 Å². The van der Waals surface area contributed by atoms with Gasteiger partial charge in [-0.1, -0.05) is 0 Å². The predicted octanol–water partition coefficient (Wildman–Crippen LogP) is 1.05. The Kier molecular flexibility index (Phi) is 7.25. The Balaban J connectivity index is 2.30. The Hall–Kier alpha value is -0.570. The Bertz CT molecular complexity index is 341. The number of aliphatic hydroxyl groups excluding tert-OH is 1. The summed E-state index contributed by atoms with van der Waals surface area (Å²) in [5.74, 6) is 8.26. The standard InChI is InChI=1S/C9H16BrN5OS/c10-7-6-13-9(15-11)14-8(7)12-2-5-17-4-1-3-16/h6,16H,1-5,11H2,(H2,12,13,14,15). The number of nitrogens with two attached hydrogens (primary N) is 1. The lowest BCUT2D eigenvalue weighted by Gasteiger charge is -2.08. The van der Waals surface area contributed by atoms with Crippen LogP contribution in [0.4, 0.5) is 11.8 Å². The molecule has 1 aromatic heterocycles. The van der Waals surface area contributed by atoms with Crippen molar-refractivity contribution in [1.82, 2.24) is 9.97 Å². The fourth-order valence-corrected chi connectivity index (χ4v) is 2.19. The molecule has 0 atom stereocenters. The van der Waals surface area contributed by atoms with Crippen molar-refractivity contribution in [2.24, 2.45) is 5.84 Å². The van der Waals surface area contributed by atoms with Crippen LogP contribution in [-0.4, -0.2) is 39.7 Å². The molecule has 0 aliphatic rings. The highest BCUT2D eigenvalue weighted by Gasteiger charge is 2.03. The minimum absolute atomic E-state index is 0.253. The molecule has 0 saturated carbocycles. The van der Waals surface area contributed by atoms with Crippen LogP contribution in [0.25, 0.3) is 0 Å². The molecule has 8 heteroatoms. The molecule has 0 radical (unpaired) electrons. The van der Waals surface area contributed by atoms with E-state index < -0.39 is 0 Å². The molecule has 5 N–H and O–H groups in total. The van der Waals surface area contributed by atoms with E-state index in [0.29, 0.717) is 5.95 Å². The summed E-state index contributed by atoms with van der Waals surface area (Å²) >= 11 is 5.15. The summed E-state index contributed by atoms with van der Waals surface area (Å²) in [5.41, 5.74) is 2.40. The summed E-state index contributed by atoms with van der Waals surface area (Å²) in [4.78, 5) is 8.13. The number of aliphatic hydroxyl groups is 1. The predicted molar refractivity (Wildman–Crippen MR) is 75.1 cm³/mol. The van der Waals surface area contributed by atoms with Gasteiger partial charge in [0.2, 0.25) is 5.95 Å². The Morgan fingerprint density at radius 2 is 2.29 bits per heavy atom. The van der Waals surface area contributed by atoms with Crippen LogP contribution in [0.5, 0.6) is 0 Å². The number of anilines is 2. The van der Waals surface area contributed by atoms with Crippen molar-refractivity contribution < 1.29 is 5.11 Å². The van der Waals surface area contributed by atoms with Gasteiger partial charge >= 0.3 is 0 Å². The first kappa shape index (κ1) is 14.5. The second-order valence-corrected chi connectivity index (χ2v) is 5.23. The normalized spacial score (nSPS) is 10.3. The average Bonchev–Trinajstić information content (AvgIpc) is 2.35. The highest BCUT2D eigenvalue weighted by atomic mass is 79.9. The summed E-state index contributed by atoms with van der Waals surface area (Å²) < 4.78 is 0.803. The van der Waals surface area contributed by atoms with Crippen LogP contribution in [0.1, 0.15) is 6.42 Å². The molecule has 0 aromatic carbocycles. The van der Waals surface area contributed by atoms with Crippen molar-refractivity contribution >= 4 is 39.5 Å². The number of thioether (sulfide) groups is 1. The van der Waals surface area contributed by atoms with Gasteiger partial charge in [-0.3, -0.25) is 5.43 Å². The van der Waals surface area contributed by atoms with Gasteiger partial charge in [0, 0.05) is 25.1 Å². The second-order valence-electron chi connectivity index (χ2n) is 3.15. The maximum Gasteiger partial charge on any atom is 0.239 e. The second kappa shape index (κ2) is 8.51. The first-order valence-corrected chi connectivity index (χ1v) is 7.14. The molecular formula is C9H16BrN5OS. The Morgan fingerprint density at radius 1 is 1.47 bits per heavy atom. The summed E-state index contributed by atoms with van der Waals surface area (Å²) in [7, 11) is 0. The van der Waals surface area contributed by atoms with Gasteiger partial charge in [0.15, 0.2) is 0 Å². The van der Waals surface area contributed by atoms with Crippen LogP contribution < -0.4 is 16.6 Å². The monoisotopic (exact) mass is 321 g/mol.